The normalized spacial score (nSPS) is 10.0. The smallest absolute Gasteiger partial charge is 0.230 e. The van der Waals surface area contributed by atoms with E-state index >= 15 is 0 Å². The molecule has 82 valence electrons. The summed E-state index contributed by atoms with van der Waals surface area (Å²) in [6.45, 7) is 0.266. The standard InChI is InChI=1S/C10H12ClNO2S/c11-8-2-1-3-9(6-8)15-7-10(14)12-4-5-13/h1-3,6,13H,4-5,7H2,(H,12,14). The van der Waals surface area contributed by atoms with E-state index in [2.05, 4.69) is 5.32 Å². The molecule has 0 radical (unpaired) electrons. The summed E-state index contributed by atoms with van der Waals surface area (Å²) >= 11 is 7.21. The highest BCUT2D eigenvalue weighted by atomic mass is 35.5. The predicted octanol–water partition coefficient (Wildman–Crippen LogP) is 1.54. The minimum absolute atomic E-state index is 0.0342. The Kier molecular flexibility index (Phi) is 5.53. The molecule has 0 saturated carbocycles. The molecular formula is C10H12ClNO2S. The van der Waals surface area contributed by atoms with Crippen LogP contribution in [0.15, 0.2) is 29.2 Å². The first-order valence-electron chi connectivity index (χ1n) is 4.48. The molecule has 0 heterocycles. The van der Waals surface area contributed by atoms with Gasteiger partial charge in [-0.3, -0.25) is 4.79 Å². The predicted molar refractivity (Wildman–Crippen MR) is 62.3 cm³/mol. The zero-order valence-electron chi connectivity index (χ0n) is 8.07. The van der Waals surface area contributed by atoms with Gasteiger partial charge >= 0.3 is 0 Å². The number of rotatable bonds is 5. The van der Waals surface area contributed by atoms with Crippen LogP contribution in [0.25, 0.3) is 0 Å². The molecule has 0 aliphatic rings. The highest BCUT2D eigenvalue weighted by Gasteiger charge is 2.01. The summed E-state index contributed by atoms with van der Waals surface area (Å²) in [5.74, 6) is 0.245. The molecule has 0 unspecified atom stereocenters. The van der Waals surface area contributed by atoms with E-state index in [0.29, 0.717) is 17.3 Å². The zero-order valence-corrected chi connectivity index (χ0v) is 9.64. The molecule has 0 aliphatic heterocycles. The molecule has 0 aliphatic carbocycles. The van der Waals surface area contributed by atoms with Crippen molar-refractivity contribution >= 4 is 29.3 Å². The molecule has 2 N–H and O–H groups in total. The van der Waals surface area contributed by atoms with E-state index in [1.807, 2.05) is 18.2 Å². The van der Waals surface area contributed by atoms with Crippen LogP contribution in [0.2, 0.25) is 5.02 Å². The van der Waals surface area contributed by atoms with Crippen molar-refractivity contribution in [1.82, 2.24) is 5.32 Å². The van der Waals surface area contributed by atoms with Gasteiger partial charge in [0, 0.05) is 16.5 Å². The van der Waals surface area contributed by atoms with Crippen LogP contribution < -0.4 is 5.32 Å². The highest BCUT2D eigenvalue weighted by molar-refractivity contribution is 8.00. The van der Waals surface area contributed by atoms with E-state index < -0.39 is 0 Å². The lowest BCUT2D eigenvalue weighted by Crippen LogP contribution is -2.27. The number of hydrogen-bond acceptors (Lipinski definition) is 3. The summed E-state index contributed by atoms with van der Waals surface area (Å²) < 4.78 is 0. The monoisotopic (exact) mass is 245 g/mol. The van der Waals surface area contributed by atoms with Crippen molar-refractivity contribution in [2.75, 3.05) is 18.9 Å². The second-order valence-electron chi connectivity index (χ2n) is 2.82. The van der Waals surface area contributed by atoms with Gasteiger partial charge in [-0.1, -0.05) is 17.7 Å². The van der Waals surface area contributed by atoms with Gasteiger partial charge < -0.3 is 10.4 Å². The van der Waals surface area contributed by atoms with Crippen LogP contribution in [0.3, 0.4) is 0 Å². The maximum atomic E-state index is 11.2. The fourth-order valence-electron chi connectivity index (χ4n) is 0.952. The van der Waals surface area contributed by atoms with E-state index in [-0.39, 0.29) is 12.5 Å². The lowest BCUT2D eigenvalue weighted by Gasteiger charge is -2.03. The average molecular weight is 246 g/mol. The largest absolute Gasteiger partial charge is 0.395 e. The molecule has 1 rings (SSSR count). The van der Waals surface area contributed by atoms with Crippen molar-refractivity contribution in [2.24, 2.45) is 0 Å². The van der Waals surface area contributed by atoms with E-state index in [1.165, 1.54) is 11.8 Å². The third-order valence-corrected chi connectivity index (χ3v) is 2.83. The van der Waals surface area contributed by atoms with Gasteiger partial charge in [0.05, 0.1) is 12.4 Å². The number of amides is 1. The highest BCUT2D eigenvalue weighted by Crippen LogP contribution is 2.21. The van der Waals surface area contributed by atoms with Crippen molar-refractivity contribution in [3.05, 3.63) is 29.3 Å². The lowest BCUT2D eigenvalue weighted by molar-refractivity contribution is -0.118. The minimum Gasteiger partial charge on any atom is -0.395 e. The summed E-state index contributed by atoms with van der Waals surface area (Å²) in [6, 6.07) is 7.34. The van der Waals surface area contributed by atoms with Gasteiger partial charge in [-0.25, -0.2) is 0 Å². The maximum Gasteiger partial charge on any atom is 0.230 e. The van der Waals surface area contributed by atoms with Crippen LogP contribution in [-0.4, -0.2) is 29.9 Å². The first kappa shape index (κ1) is 12.4. The maximum absolute atomic E-state index is 11.2. The molecule has 1 aromatic rings. The minimum atomic E-state index is -0.0889. The number of hydrogen-bond donors (Lipinski definition) is 2. The molecule has 0 saturated heterocycles. The number of halogens is 1. The molecular weight excluding hydrogens is 234 g/mol. The van der Waals surface area contributed by atoms with Crippen LogP contribution in [0, 0.1) is 0 Å². The van der Waals surface area contributed by atoms with Gasteiger partial charge in [0.2, 0.25) is 5.91 Å². The van der Waals surface area contributed by atoms with Gasteiger partial charge in [0.1, 0.15) is 0 Å². The topological polar surface area (TPSA) is 49.3 Å². The number of carbonyl (C=O) groups is 1. The number of aliphatic hydroxyl groups excluding tert-OH is 1. The summed E-state index contributed by atoms with van der Waals surface area (Å²) in [5, 5.41) is 11.7. The second-order valence-corrected chi connectivity index (χ2v) is 4.30. The summed E-state index contributed by atoms with van der Waals surface area (Å²) in [4.78, 5) is 12.1. The van der Waals surface area contributed by atoms with Gasteiger partial charge in [-0.2, -0.15) is 0 Å². The Hall–Kier alpha value is -0.710. The van der Waals surface area contributed by atoms with Crippen molar-refractivity contribution < 1.29 is 9.90 Å². The molecule has 0 fully saturated rings. The number of benzene rings is 1. The summed E-state index contributed by atoms with van der Waals surface area (Å²) in [5.41, 5.74) is 0. The summed E-state index contributed by atoms with van der Waals surface area (Å²) in [7, 11) is 0. The van der Waals surface area contributed by atoms with E-state index in [1.54, 1.807) is 6.07 Å². The quantitative estimate of drug-likeness (QED) is 0.774. The van der Waals surface area contributed by atoms with Crippen LogP contribution in [0.4, 0.5) is 0 Å². The Bertz CT molecular complexity index is 333. The SMILES string of the molecule is O=C(CSc1cccc(Cl)c1)NCCO. The van der Waals surface area contributed by atoms with E-state index in [9.17, 15) is 4.79 Å². The van der Waals surface area contributed by atoms with Crippen LogP contribution in [-0.2, 0) is 4.79 Å². The number of carbonyl (C=O) groups excluding carboxylic acids is 1. The first-order valence-corrected chi connectivity index (χ1v) is 5.84. The molecule has 0 atom stereocenters. The van der Waals surface area contributed by atoms with Crippen LogP contribution >= 0.6 is 23.4 Å². The molecule has 3 nitrogen and oxygen atoms in total. The fourth-order valence-corrected chi connectivity index (χ4v) is 1.99. The summed E-state index contributed by atoms with van der Waals surface area (Å²) in [6.07, 6.45) is 0. The zero-order chi connectivity index (χ0) is 11.1. The average Bonchev–Trinajstić information content (AvgIpc) is 2.23. The lowest BCUT2D eigenvalue weighted by atomic mass is 10.4. The molecule has 0 bridgehead atoms. The molecule has 0 spiro atoms. The number of aliphatic hydroxyl groups is 1. The van der Waals surface area contributed by atoms with Crippen LogP contribution in [0.5, 0.6) is 0 Å². The van der Waals surface area contributed by atoms with Crippen molar-refractivity contribution in [2.45, 2.75) is 4.90 Å². The molecule has 1 amide bonds. The third kappa shape index (κ3) is 5.06. The Morgan fingerprint density at radius 2 is 2.33 bits per heavy atom. The van der Waals surface area contributed by atoms with Gasteiger partial charge in [0.15, 0.2) is 0 Å². The Labute approximate surface area is 97.8 Å². The van der Waals surface area contributed by atoms with Crippen LogP contribution in [0.1, 0.15) is 0 Å². The number of thioether (sulfide) groups is 1. The molecule has 0 aromatic heterocycles. The van der Waals surface area contributed by atoms with E-state index in [0.717, 1.165) is 4.90 Å². The third-order valence-electron chi connectivity index (χ3n) is 1.60. The fraction of sp³-hybridized carbons (Fsp3) is 0.300. The van der Waals surface area contributed by atoms with Crippen molar-refractivity contribution in [1.29, 1.82) is 0 Å². The molecule has 5 heteroatoms. The molecule has 1 aromatic carbocycles. The van der Waals surface area contributed by atoms with E-state index in [4.69, 9.17) is 16.7 Å². The number of nitrogens with one attached hydrogen (secondary N) is 1. The molecule has 15 heavy (non-hydrogen) atoms. The second kappa shape index (κ2) is 6.71. The van der Waals surface area contributed by atoms with Crippen molar-refractivity contribution in [3.63, 3.8) is 0 Å². The van der Waals surface area contributed by atoms with Gasteiger partial charge in [0.25, 0.3) is 0 Å². The Balaban J connectivity index is 2.33. The Morgan fingerprint density at radius 3 is 3.00 bits per heavy atom. The van der Waals surface area contributed by atoms with Gasteiger partial charge in [-0.15, -0.1) is 11.8 Å². The first-order chi connectivity index (χ1) is 7.22. The Morgan fingerprint density at radius 1 is 1.53 bits per heavy atom. The van der Waals surface area contributed by atoms with Crippen molar-refractivity contribution in [3.8, 4) is 0 Å². The van der Waals surface area contributed by atoms with Gasteiger partial charge in [-0.05, 0) is 18.2 Å².